The van der Waals surface area contributed by atoms with E-state index in [9.17, 15) is 9.59 Å². The van der Waals surface area contributed by atoms with E-state index in [2.05, 4.69) is 5.32 Å². The number of anilines is 1. The van der Waals surface area contributed by atoms with E-state index < -0.39 is 5.41 Å². The number of hydrogen-bond acceptors (Lipinski definition) is 2. The van der Waals surface area contributed by atoms with Crippen LogP contribution >= 0.6 is 11.6 Å². The topological polar surface area (TPSA) is 49.4 Å². The van der Waals surface area contributed by atoms with Crippen LogP contribution in [0.15, 0.2) is 48.5 Å². The quantitative estimate of drug-likeness (QED) is 0.720. The molecule has 2 aromatic carbocycles. The SMILES string of the molecule is CCN(CC)C(=O)c1cccc(NC(=O)C2(c3ccc(Cl)cc3)CCCC2)c1. The van der Waals surface area contributed by atoms with E-state index in [-0.39, 0.29) is 11.8 Å². The lowest BCUT2D eigenvalue weighted by molar-refractivity contribution is -0.121. The van der Waals surface area contributed by atoms with Crippen molar-refractivity contribution in [3.05, 3.63) is 64.7 Å². The van der Waals surface area contributed by atoms with Gasteiger partial charge >= 0.3 is 0 Å². The van der Waals surface area contributed by atoms with Crippen LogP contribution in [-0.2, 0) is 10.2 Å². The van der Waals surface area contributed by atoms with Gasteiger partial charge in [-0.3, -0.25) is 9.59 Å². The molecule has 5 heteroatoms. The second kappa shape index (κ2) is 8.78. The number of carbonyl (C=O) groups is 2. The van der Waals surface area contributed by atoms with Gasteiger partial charge in [-0.25, -0.2) is 0 Å². The van der Waals surface area contributed by atoms with Crippen LogP contribution in [0.5, 0.6) is 0 Å². The smallest absolute Gasteiger partial charge is 0.253 e. The number of benzene rings is 2. The maximum atomic E-state index is 13.3. The summed E-state index contributed by atoms with van der Waals surface area (Å²) in [4.78, 5) is 27.7. The molecule has 0 aliphatic heterocycles. The number of carbonyl (C=O) groups excluding carboxylic acids is 2. The third-order valence-corrected chi connectivity index (χ3v) is 5.96. The third kappa shape index (κ3) is 4.07. The lowest BCUT2D eigenvalue weighted by Gasteiger charge is -2.28. The average molecular weight is 399 g/mol. The maximum absolute atomic E-state index is 13.3. The molecule has 1 saturated carbocycles. The minimum Gasteiger partial charge on any atom is -0.339 e. The van der Waals surface area contributed by atoms with Crippen LogP contribution in [0.1, 0.15) is 55.5 Å². The van der Waals surface area contributed by atoms with E-state index in [1.807, 2.05) is 50.2 Å². The summed E-state index contributed by atoms with van der Waals surface area (Å²) < 4.78 is 0. The van der Waals surface area contributed by atoms with Gasteiger partial charge in [0.2, 0.25) is 5.91 Å². The zero-order valence-corrected chi connectivity index (χ0v) is 17.3. The van der Waals surface area contributed by atoms with Crippen molar-refractivity contribution in [3.8, 4) is 0 Å². The Bertz CT molecular complexity index is 838. The summed E-state index contributed by atoms with van der Waals surface area (Å²) in [6, 6.07) is 14.8. The lowest BCUT2D eigenvalue weighted by Crippen LogP contribution is -2.38. The first-order valence-electron chi connectivity index (χ1n) is 9.97. The molecule has 2 amide bonds. The molecule has 1 N–H and O–H groups in total. The average Bonchev–Trinajstić information content (AvgIpc) is 3.21. The Labute approximate surface area is 171 Å². The van der Waals surface area contributed by atoms with E-state index in [1.54, 1.807) is 17.0 Å². The molecule has 4 nitrogen and oxygen atoms in total. The second-order valence-electron chi connectivity index (χ2n) is 7.31. The van der Waals surface area contributed by atoms with Crippen LogP contribution in [0.2, 0.25) is 5.02 Å². The largest absolute Gasteiger partial charge is 0.339 e. The molecule has 0 saturated heterocycles. The fraction of sp³-hybridized carbons (Fsp3) is 0.391. The number of rotatable bonds is 6. The van der Waals surface area contributed by atoms with Gasteiger partial charge in [0.15, 0.2) is 0 Å². The molecule has 0 heterocycles. The molecule has 148 valence electrons. The molecule has 1 aliphatic rings. The Morgan fingerprint density at radius 1 is 1.04 bits per heavy atom. The number of hydrogen-bond donors (Lipinski definition) is 1. The number of nitrogens with one attached hydrogen (secondary N) is 1. The molecule has 1 fully saturated rings. The molecule has 0 bridgehead atoms. The van der Waals surface area contributed by atoms with E-state index >= 15 is 0 Å². The minimum atomic E-state index is -0.538. The Kier molecular flexibility index (Phi) is 6.40. The maximum Gasteiger partial charge on any atom is 0.253 e. The highest BCUT2D eigenvalue weighted by atomic mass is 35.5. The van der Waals surface area contributed by atoms with Crippen molar-refractivity contribution >= 4 is 29.1 Å². The molecular weight excluding hydrogens is 372 g/mol. The summed E-state index contributed by atoms with van der Waals surface area (Å²) in [6.07, 6.45) is 3.68. The number of halogens is 1. The Hall–Kier alpha value is -2.33. The molecule has 1 aliphatic carbocycles. The van der Waals surface area contributed by atoms with E-state index in [4.69, 9.17) is 11.6 Å². The molecule has 2 aromatic rings. The van der Waals surface area contributed by atoms with Gasteiger partial charge < -0.3 is 10.2 Å². The first-order valence-corrected chi connectivity index (χ1v) is 10.3. The normalized spacial score (nSPS) is 15.2. The molecular formula is C23H27ClN2O2. The van der Waals surface area contributed by atoms with Gasteiger partial charge in [-0.1, -0.05) is 42.6 Å². The summed E-state index contributed by atoms with van der Waals surface area (Å²) in [5, 5.41) is 3.73. The highest BCUT2D eigenvalue weighted by Crippen LogP contribution is 2.42. The molecule has 0 unspecified atom stereocenters. The Morgan fingerprint density at radius 2 is 1.68 bits per heavy atom. The monoisotopic (exact) mass is 398 g/mol. The van der Waals surface area contributed by atoms with Crippen molar-refractivity contribution in [2.45, 2.75) is 44.9 Å². The predicted octanol–water partition coefficient (Wildman–Crippen LogP) is 5.27. The van der Waals surface area contributed by atoms with Crippen LogP contribution in [0, 0.1) is 0 Å². The van der Waals surface area contributed by atoms with Crippen LogP contribution in [-0.4, -0.2) is 29.8 Å². The van der Waals surface area contributed by atoms with Crippen molar-refractivity contribution in [2.75, 3.05) is 18.4 Å². The van der Waals surface area contributed by atoms with Crippen molar-refractivity contribution < 1.29 is 9.59 Å². The first-order chi connectivity index (χ1) is 13.5. The fourth-order valence-corrected chi connectivity index (χ4v) is 4.19. The van der Waals surface area contributed by atoms with Crippen LogP contribution in [0.25, 0.3) is 0 Å². The van der Waals surface area contributed by atoms with Gasteiger partial charge in [-0.15, -0.1) is 0 Å². The van der Waals surface area contributed by atoms with Crippen molar-refractivity contribution in [2.24, 2.45) is 0 Å². The first kappa shape index (κ1) is 20.4. The van der Waals surface area contributed by atoms with Crippen molar-refractivity contribution in [1.29, 1.82) is 0 Å². The summed E-state index contributed by atoms with van der Waals surface area (Å²) >= 11 is 6.03. The molecule has 0 radical (unpaired) electrons. The molecule has 0 aromatic heterocycles. The molecule has 0 spiro atoms. The highest BCUT2D eigenvalue weighted by Gasteiger charge is 2.42. The number of nitrogens with zero attached hydrogens (tertiary/aromatic N) is 1. The third-order valence-electron chi connectivity index (χ3n) is 5.71. The summed E-state index contributed by atoms with van der Waals surface area (Å²) in [7, 11) is 0. The predicted molar refractivity (Wildman–Crippen MR) is 114 cm³/mol. The lowest BCUT2D eigenvalue weighted by atomic mass is 9.78. The number of amides is 2. The Morgan fingerprint density at radius 3 is 2.29 bits per heavy atom. The summed E-state index contributed by atoms with van der Waals surface area (Å²) in [5.41, 5.74) is 1.71. The van der Waals surface area contributed by atoms with E-state index in [0.717, 1.165) is 31.2 Å². The van der Waals surface area contributed by atoms with E-state index in [1.165, 1.54) is 0 Å². The molecule has 0 atom stereocenters. The Balaban J connectivity index is 1.84. The van der Waals surface area contributed by atoms with Crippen molar-refractivity contribution in [1.82, 2.24) is 4.90 Å². The van der Waals surface area contributed by atoms with Gasteiger partial charge in [0.25, 0.3) is 5.91 Å². The second-order valence-corrected chi connectivity index (χ2v) is 7.74. The van der Waals surface area contributed by atoms with Crippen LogP contribution < -0.4 is 5.32 Å². The van der Waals surface area contributed by atoms with Crippen LogP contribution in [0.3, 0.4) is 0 Å². The summed E-state index contributed by atoms with van der Waals surface area (Å²) in [5.74, 6) is -0.0332. The van der Waals surface area contributed by atoms with Gasteiger partial charge in [-0.2, -0.15) is 0 Å². The minimum absolute atomic E-state index is 0.0141. The van der Waals surface area contributed by atoms with Gasteiger partial charge in [-0.05, 0) is 62.6 Å². The zero-order chi connectivity index (χ0) is 20.1. The van der Waals surface area contributed by atoms with Crippen molar-refractivity contribution in [3.63, 3.8) is 0 Å². The molecule has 28 heavy (non-hydrogen) atoms. The van der Waals surface area contributed by atoms with Gasteiger partial charge in [0, 0.05) is 29.4 Å². The zero-order valence-electron chi connectivity index (χ0n) is 16.5. The molecule has 3 rings (SSSR count). The highest BCUT2D eigenvalue weighted by molar-refractivity contribution is 6.30. The van der Waals surface area contributed by atoms with Crippen LogP contribution in [0.4, 0.5) is 5.69 Å². The fourth-order valence-electron chi connectivity index (χ4n) is 4.07. The summed E-state index contributed by atoms with van der Waals surface area (Å²) in [6.45, 7) is 5.24. The van der Waals surface area contributed by atoms with Gasteiger partial charge in [0.05, 0.1) is 5.41 Å². The van der Waals surface area contributed by atoms with E-state index in [0.29, 0.717) is 29.4 Å². The van der Waals surface area contributed by atoms with Gasteiger partial charge in [0.1, 0.15) is 0 Å². The standard InChI is InChI=1S/C23H27ClN2O2/c1-3-26(4-2)21(27)17-8-7-9-20(16-17)25-22(28)23(14-5-6-15-23)18-10-12-19(24)13-11-18/h7-13,16H,3-6,14-15H2,1-2H3,(H,25,28).